The molecule has 25 heavy (non-hydrogen) atoms. The first-order valence-corrected chi connectivity index (χ1v) is 8.60. The van der Waals surface area contributed by atoms with Crippen molar-refractivity contribution in [3.05, 3.63) is 0 Å². The van der Waals surface area contributed by atoms with E-state index in [0.29, 0.717) is 25.6 Å². The molecule has 0 aromatic heterocycles. The third-order valence-electron chi connectivity index (χ3n) is 3.27. The van der Waals surface area contributed by atoms with Gasteiger partial charge in [0.25, 0.3) is 0 Å². The van der Waals surface area contributed by atoms with Crippen LogP contribution in [-0.2, 0) is 4.74 Å². The van der Waals surface area contributed by atoms with E-state index in [0.717, 1.165) is 12.8 Å². The second-order valence-electron chi connectivity index (χ2n) is 6.96. The zero-order valence-corrected chi connectivity index (χ0v) is 15.4. The van der Waals surface area contributed by atoms with Gasteiger partial charge < -0.3 is 20.3 Å². The molecule has 0 spiro atoms. The van der Waals surface area contributed by atoms with Gasteiger partial charge in [0.05, 0.1) is 13.0 Å². The van der Waals surface area contributed by atoms with Gasteiger partial charge in [0.2, 0.25) is 0 Å². The summed E-state index contributed by atoms with van der Waals surface area (Å²) in [5.41, 5.74) is -0.564. The van der Waals surface area contributed by atoms with Crippen LogP contribution in [0, 0.1) is 0 Å². The number of guanidine groups is 1. The second kappa shape index (κ2) is 9.15. The summed E-state index contributed by atoms with van der Waals surface area (Å²) in [6.45, 7) is 8.25. The van der Waals surface area contributed by atoms with E-state index in [9.17, 15) is 18.0 Å². The summed E-state index contributed by atoms with van der Waals surface area (Å²) in [5.74, 6) is 0.312. The van der Waals surface area contributed by atoms with Crippen molar-refractivity contribution in [1.29, 1.82) is 0 Å². The molecular weight excluding hydrogens is 337 g/mol. The molecule has 0 unspecified atom stereocenters. The molecule has 0 atom stereocenters. The number of ether oxygens (including phenoxy) is 1. The molecule has 1 aliphatic rings. The van der Waals surface area contributed by atoms with Gasteiger partial charge in [-0.3, -0.25) is 4.99 Å². The SMILES string of the molecule is CCNC(=NCCC(F)(F)F)NCCN(C(=O)OC(C)(C)C)C1CC1. The Labute approximate surface area is 147 Å². The number of alkyl halides is 3. The molecule has 1 saturated carbocycles. The second-order valence-corrected chi connectivity index (χ2v) is 6.96. The summed E-state index contributed by atoms with van der Waals surface area (Å²) in [5, 5.41) is 5.85. The first-order chi connectivity index (χ1) is 11.5. The van der Waals surface area contributed by atoms with Crippen molar-refractivity contribution < 1.29 is 22.7 Å². The van der Waals surface area contributed by atoms with Crippen LogP contribution >= 0.6 is 0 Å². The predicted octanol–water partition coefficient (Wildman–Crippen LogP) is 2.89. The van der Waals surface area contributed by atoms with Crippen LogP contribution in [0.2, 0.25) is 0 Å². The summed E-state index contributed by atoms with van der Waals surface area (Å²) < 4.78 is 42.0. The van der Waals surface area contributed by atoms with Crippen LogP contribution in [0.25, 0.3) is 0 Å². The van der Waals surface area contributed by atoms with Crippen LogP contribution in [-0.4, -0.2) is 61.0 Å². The largest absolute Gasteiger partial charge is 0.444 e. The van der Waals surface area contributed by atoms with Gasteiger partial charge in [0, 0.05) is 25.7 Å². The summed E-state index contributed by atoms with van der Waals surface area (Å²) in [4.78, 5) is 17.8. The summed E-state index contributed by atoms with van der Waals surface area (Å²) in [7, 11) is 0. The smallest absolute Gasteiger partial charge is 0.410 e. The molecule has 0 bridgehead atoms. The molecule has 0 heterocycles. The van der Waals surface area contributed by atoms with E-state index in [1.807, 2.05) is 27.7 Å². The minimum absolute atomic E-state index is 0.182. The van der Waals surface area contributed by atoms with Gasteiger partial charge in [-0.2, -0.15) is 13.2 Å². The number of amides is 1. The molecule has 0 saturated heterocycles. The van der Waals surface area contributed by atoms with Crippen molar-refractivity contribution in [1.82, 2.24) is 15.5 Å². The molecule has 2 N–H and O–H groups in total. The number of carbonyl (C=O) groups excluding carboxylic acids is 1. The van der Waals surface area contributed by atoms with Gasteiger partial charge in [-0.25, -0.2) is 4.79 Å². The van der Waals surface area contributed by atoms with Gasteiger partial charge in [-0.05, 0) is 40.5 Å². The van der Waals surface area contributed by atoms with Gasteiger partial charge >= 0.3 is 12.3 Å². The zero-order chi connectivity index (χ0) is 19.1. The minimum Gasteiger partial charge on any atom is -0.444 e. The van der Waals surface area contributed by atoms with Crippen molar-refractivity contribution >= 4 is 12.1 Å². The summed E-state index contributed by atoms with van der Waals surface area (Å²) in [6.07, 6.45) is -3.66. The van der Waals surface area contributed by atoms with E-state index in [1.54, 1.807) is 4.90 Å². The molecule has 0 aromatic rings. The maximum atomic E-state index is 12.2. The fourth-order valence-electron chi connectivity index (χ4n) is 2.06. The number of aliphatic imine (C=N–C) groups is 1. The Morgan fingerprint density at radius 3 is 2.36 bits per heavy atom. The normalized spacial score (nSPS) is 15.7. The molecule has 6 nitrogen and oxygen atoms in total. The highest BCUT2D eigenvalue weighted by Gasteiger charge is 2.34. The molecule has 1 amide bonds. The lowest BCUT2D eigenvalue weighted by molar-refractivity contribution is -0.132. The number of hydrogen-bond acceptors (Lipinski definition) is 3. The average Bonchev–Trinajstić information content (AvgIpc) is 3.24. The monoisotopic (exact) mass is 366 g/mol. The van der Waals surface area contributed by atoms with Crippen molar-refractivity contribution in [2.75, 3.05) is 26.2 Å². The molecule has 146 valence electrons. The van der Waals surface area contributed by atoms with E-state index in [4.69, 9.17) is 4.74 Å². The lowest BCUT2D eigenvalue weighted by atomic mass is 10.2. The van der Waals surface area contributed by atoms with Gasteiger partial charge in [-0.15, -0.1) is 0 Å². The Hall–Kier alpha value is -1.67. The first kappa shape index (κ1) is 21.4. The highest BCUT2D eigenvalue weighted by molar-refractivity contribution is 5.79. The quantitative estimate of drug-likeness (QED) is 0.537. The maximum Gasteiger partial charge on any atom is 0.410 e. The maximum absolute atomic E-state index is 12.2. The van der Waals surface area contributed by atoms with Crippen molar-refractivity contribution in [2.24, 2.45) is 4.99 Å². The molecule has 0 aromatic carbocycles. The highest BCUT2D eigenvalue weighted by Crippen LogP contribution is 2.28. The topological polar surface area (TPSA) is 66.0 Å². The molecule has 1 fully saturated rings. The van der Waals surface area contributed by atoms with Crippen molar-refractivity contribution in [2.45, 2.75) is 64.8 Å². The molecule has 1 rings (SSSR count). The fraction of sp³-hybridized carbons (Fsp3) is 0.875. The number of hydrogen-bond donors (Lipinski definition) is 2. The molecule has 0 radical (unpaired) electrons. The van der Waals surface area contributed by atoms with Crippen molar-refractivity contribution in [3.8, 4) is 0 Å². The Balaban J connectivity index is 2.48. The number of nitrogens with zero attached hydrogens (tertiary/aromatic N) is 2. The van der Waals surface area contributed by atoms with E-state index in [-0.39, 0.29) is 18.7 Å². The van der Waals surface area contributed by atoms with E-state index >= 15 is 0 Å². The van der Waals surface area contributed by atoms with E-state index in [1.165, 1.54) is 0 Å². The Kier molecular flexibility index (Phi) is 7.82. The van der Waals surface area contributed by atoms with Crippen LogP contribution in [0.4, 0.5) is 18.0 Å². The summed E-state index contributed by atoms with van der Waals surface area (Å²) >= 11 is 0. The van der Waals surface area contributed by atoms with Crippen LogP contribution in [0.1, 0.15) is 47.0 Å². The third kappa shape index (κ3) is 10.0. The predicted molar refractivity (Wildman–Crippen MR) is 90.6 cm³/mol. The average molecular weight is 366 g/mol. The standard InChI is InChI=1S/C16H29F3N4O2/c1-5-20-13(21-9-8-16(17,18)19)22-10-11-23(12-6-7-12)14(24)25-15(2,3)4/h12H,5-11H2,1-4H3,(H2,20,21,22). The van der Waals surface area contributed by atoms with Crippen LogP contribution in [0.3, 0.4) is 0 Å². The van der Waals surface area contributed by atoms with Crippen LogP contribution < -0.4 is 10.6 Å². The van der Waals surface area contributed by atoms with E-state index < -0.39 is 18.2 Å². The highest BCUT2D eigenvalue weighted by atomic mass is 19.4. The number of halogens is 3. The first-order valence-electron chi connectivity index (χ1n) is 8.60. The lowest BCUT2D eigenvalue weighted by Gasteiger charge is -2.27. The summed E-state index contributed by atoms with van der Waals surface area (Å²) in [6, 6.07) is 0.182. The molecule has 0 aliphatic heterocycles. The Bertz CT molecular complexity index is 457. The van der Waals surface area contributed by atoms with Gasteiger partial charge in [0.15, 0.2) is 5.96 Å². The van der Waals surface area contributed by atoms with Crippen molar-refractivity contribution in [3.63, 3.8) is 0 Å². The zero-order valence-electron chi connectivity index (χ0n) is 15.4. The van der Waals surface area contributed by atoms with E-state index in [2.05, 4.69) is 15.6 Å². The molecular formula is C16H29F3N4O2. The Morgan fingerprint density at radius 2 is 1.88 bits per heavy atom. The Morgan fingerprint density at radius 1 is 1.24 bits per heavy atom. The third-order valence-corrected chi connectivity index (χ3v) is 3.27. The van der Waals surface area contributed by atoms with Gasteiger partial charge in [-0.1, -0.05) is 0 Å². The minimum atomic E-state index is -4.22. The molecule has 9 heteroatoms. The number of carbonyl (C=O) groups is 1. The number of nitrogens with one attached hydrogen (secondary N) is 2. The lowest BCUT2D eigenvalue weighted by Crippen LogP contribution is -2.45. The molecule has 1 aliphatic carbocycles. The number of rotatable bonds is 7. The van der Waals surface area contributed by atoms with Gasteiger partial charge in [0.1, 0.15) is 5.60 Å². The van der Waals surface area contributed by atoms with Crippen LogP contribution in [0.15, 0.2) is 4.99 Å². The van der Waals surface area contributed by atoms with Crippen LogP contribution in [0.5, 0.6) is 0 Å². The fourth-order valence-corrected chi connectivity index (χ4v) is 2.06.